The molecule has 0 bridgehead atoms. The van der Waals surface area contributed by atoms with E-state index in [2.05, 4.69) is 4.98 Å². The highest BCUT2D eigenvalue weighted by atomic mass is 35.5. The molecule has 0 unspecified atom stereocenters. The van der Waals surface area contributed by atoms with Crippen molar-refractivity contribution in [2.75, 3.05) is 0 Å². The number of furan rings is 1. The molecule has 2 aromatic rings. The first-order chi connectivity index (χ1) is 7.13. The fourth-order valence-electron chi connectivity index (χ4n) is 1.52. The van der Waals surface area contributed by atoms with E-state index < -0.39 is 0 Å². The molecule has 2 heterocycles. The van der Waals surface area contributed by atoms with Gasteiger partial charge in [-0.2, -0.15) is 0 Å². The van der Waals surface area contributed by atoms with Gasteiger partial charge >= 0.3 is 0 Å². The van der Waals surface area contributed by atoms with Gasteiger partial charge in [0, 0.05) is 7.05 Å². The highest BCUT2D eigenvalue weighted by molar-refractivity contribution is 6.31. The van der Waals surface area contributed by atoms with Crippen LogP contribution in [0, 0.1) is 6.92 Å². The van der Waals surface area contributed by atoms with Crippen molar-refractivity contribution < 1.29 is 4.42 Å². The van der Waals surface area contributed by atoms with E-state index in [1.807, 2.05) is 30.7 Å². The largest absolute Gasteiger partial charge is 0.460 e. The minimum absolute atomic E-state index is 0.357. The van der Waals surface area contributed by atoms with Crippen molar-refractivity contribution in [1.82, 2.24) is 9.55 Å². The second kappa shape index (κ2) is 3.72. The average molecular weight is 226 g/mol. The molecule has 0 aliphatic rings. The predicted octanol–water partition coefficient (Wildman–Crippen LogP) is 2.10. The Balaban J connectivity index is 2.57. The van der Waals surface area contributed by atoms with Crippen molar-refractivity contribution in [3.8, 4) is 11.5 Å². The number of nitrogens with two attached hydrogens (primary N) is 1. The lowest BCUT2D eigenvalue weighted by atomic mass is 10.3. The summed E-state index contributed by atoms with van der Waals surface area (Å²) >= 11 is 6.03. The summed E-state index contributed by atoms with van der Waals surface area (Å²) in [7, 11) is 1.87. The molecule has 0 saturated heterocycles. The quantitative estimate of drug-likeness (QED) is 0.852. The number of imidazole rings is 1. The van der Waals surface area contributed by atoms with E-state index in [-0.39, 0.29) is 0 Å². The zero-order valence-electron chi connectivity index (χ0n) is 8.62. The summed E-state index contributed by atoms with van der Waals surface area (Å²) in [4.78, 5) is 4.16. The van der Waals surface area contributed by atoms with Gasteiger partial charge in [-0.25, -0.2) is 4.98 Å². The van der Waals surface area contributed by atoms with Crippen LogP contribution < -0.4 is 5.73 Å². The number of rotatable bonds is 2. The fourth-order valence-corrected chi connectivity index (χ4v) is 1.84. The molecular weight excluding hydrogens is 214 g/mol. The minimum Gasteiger partial charge on any atom is -0.460 e. The smallest absolute Gasteiger partial charge is 0.158 e. The van der Waals surface area contributed by atoms with Gasteiger partial charge in [0.15, 0.2) is 10.9 Å². The Morgan fingerprint density at radius 3 is 2.73 bits per heavy atom. The highest BCUT2D eigenvalue weighted by Crippen LogP contribution is 2.29. The maximum Gasteiger partial charge on any atom is 0.158 e. The molecule has 0 aliphatic carbocycles. The number of aryl methyl sites for hydroxylation is 1. The summed E-state index contributed by atoms with van der Waals surface area (Å²) in [6, 6.07) is 3.76. The fraction of sp³-hybridized carbons (Fsp3) is 0.300. The molecule has 0 amide bonds. The van der Waals surface area contributed by atoms with Crippen LogP contribution in [0.15, 0.2) is 16.5 Å². The van der Waals surface area contributed by atoms with Crippen LogP contribution in [0.4, 0.5) is 0 Å². The van der Waals surface area contributed by atoms with E-state index in [1.54, 1.807) is 0 Å². The number of hydrogen-bond donors (Lipinski definition) is 1. The first kappa shape index (κ1) is 10.3. The number of halogens is 1. The van der Waals surface area contributed by atoms with Crippen LogP contribution in [0.5, 0.6) is 0 Å². The van der Waals surface area contributed by atoms with Crippen LogP contribution in [-0.2, 0) is 13.6 Å². The van der Waals surface area contributed by atoms with E-state index in [4.69, 9.17) is 21.8 Å². The second-order valence-corrected chi connectivity index (χ2v) is 3.70. The molecular formula is C10H12ClN3O. The van der Waals surface area contributed by atoms with Crippen LogP contribution in [0.25, 0.3) is 11.5 Å². The van der Waals surface area contributed by atoms with Crippen molar-refractivity contribution in [3.05, 3.63) is 28.9 Å². The third-order valence-corrected chi connectivity index (χ3v) is 2.57. The summed E-state index contributed by atoms with van der Waals surface area (Å²) in [5, 5.41) is 0.423. The predicted molar refractivity (Wildman–Crippen MR) is 58.5 cm³/mol. The summed E-state index contributed by atoms with van der Waals surface area (Å²) in [5.41, 5.74) is 6.31. The van der Waals surface area contributed by atoms with Gasteiger partial charge < -0.3 is 14.7 Å². The molecule has 4 nitrogen and oxygen atoms in total. The molecule has 2 rings (SSSR count). The van der Waals surface area contributed by atoms with Crippen molar-refractivity contribution in [3.63, 3.8) is 0 Å². The molecule has 0 aromatic carbocycles. The Kier molecular flexibility index (Phi) is 2.54. The molecule has 15 heavy (non-hydrogen) atoms. The van der Waals surface area contributed by atoms with E-state index in [9.17, 15) is 0 Å². The summed E-state index contributed by atoms with van der Waals surface area (Å²) < 4.78 is 7.35. The third kappa shape index (κ3) is 1.66. The van der Waals surface area contributed by atoms with Crippen LogP contribution in [-0.4, -0.2) is 9.55 Å². The van der Waals surface area contributed by atoms with Gasteiger partial charge in [0.05, 0.1) is 6.54 Å². The minimum atomic E-state index is 0.357. The lowest BCUT2D eigenvalue weighted by molar-refractivity contribution is 0.543. The van der Waals surface area contributed by atoms with Crippen LogP contribution >= 0.6 is 11.6 Å². The number of nitrogens with zero attached hydrogens (tertiary/aromatic N) is 2. The molecule has 0 saturated carbocycles. The Bertz CT molecular complexity index is 487. The normalized spacial score (nSPS) is 10.9. The van der Waals surface area contributed by atoms with Crippen molar-refractivity contribution in [2.45, 2.75) is 13.5 Å². The number of hydrogen-bond acceptors (Lipinski definition) is 3. The molecule has 0 radical (unpaired) electrons. The van der Waals surface area contributed by atoms with Crippen molar-refractivity contribution >= 4 is 11.6 Å². The van der Waals surface area contributed by atoms with Gasteiger partial charge in [0.25, 0.3) is 0 Å². The third-order valence-electron chi connectivity index (χ3n) is 2.30. The van der Waals surface area contributed by atoms with Crippen LogP contribution in [0.2, 0.25) is 5.15 Å². The first-order valence-corrected chi connectivity index (χ1v) is 4.99. The molecule has 80 valence electrons. The standard InChI is InChI=1S/C10H12ClN3O/c1-6-3-4-7(15-6)9-10(11)13-8(5-12)14(9)2/h3-4H,5,12H2,1-2H3. The average Bonchev–Trinajstić information content (AvgIpc) is 2.71. The molecule has 0 spiro atoms. The highest BCUT2D eigenvalue weighted by Gasteiger charge is 2.16. The van der Waals surface area contributed by atoms with Crippen molar-refractivity contribution in [1.29, 1.82) is 0 Å². The Labute approximate surface area is 92.7 Å². The van der Waals surface area contributed by atoms with Gasteiger partial charge in [-0.05, 0) is 19.1 Å². The maximum atomic E-state index is 6.03. The maximum absolute atomic E-state index is 6.03. The van der Waals surface area contributed by atoms with Crippen LogP contribution in [0.3, 0.4) is 0 Å². The zero-order chi connectivity index (χ0) is 11.0. The van der Waals surface area contributed by atoms with Gasteiger partial charge in [0.1, 0.15) is 17.3 Å². The molecule has 0 fully saturated rings. The SMILES string of the molecule is Cc1ccc(-c2c(Cl)nc(CN)n2C)o1. The van der Waals surface area contributed by atoms with Crippen LogP contribution in [0.1, 0.15) is 11.6 Å². The summed E-state index contributed by atoms with van der Waals surface area (Å²) in [5.74, 6) is 2.30. The molecule has 2 aromatic heterocycles. The van der Waals surface area contributed by atoms with Gasteiger partial charge in [-0.3, -0.25) is 0 Å². The Morgan fingerprint density at radius 1 is 1.53 bits per heavy atom. The molecule has 2 N–H and O–H groups in total. The van der Waals surface area contributed by atoms with Gasteiger partial charge in [0.2, 0.25) is 0 Å². The zero-order valence-corrected chi connectivity index (χ0v) is 9.38. The van der Waals surface area contributed by atoms with E-state index in [1.165, 1.54) is 0 Å². The lowest BCUT2D eigenvalue weighted by Gasteiger charge is -2.01. The topological polar surface area (TPSA) is 57.0 Å². The summed E-state index contributed by atoms with van der Waals surface area (Å²) in [6.45, 7) is 2.24. The summed E-state index contributed by atoms with van der Waals surface area (Å²) in [6.07, 6.45) is 0. The lowest BCUT2D eigenvalue weighted by Crippen LogP contribution is -2.05. The van der Waals surface area contributed by atoms with E-state index >= 15 is 0 Å². The van der Waals surface area contributed by atoms with Crippen molar-refractivity contribution in [2.24, 2.45) is 12.8 Å². The molecule has 0 aliphatic heterocycles. The van der Waals surface area contributed by atoms with Gasteiger partial charge in [-0.1, -0.05) is 11.6 Å². The van der Waals surface area contributed by atoms with E-state index in [0.29, 0.717) is 17.5 Å². The first-order valence-electron chi connectivity index (χ1n) is 4.61. The number of aromatic nitrogens is 2. The Morgan fingerprint density at radius 2 is 2.27 bits per heavy atom. The molecule has 0 atom stereocenters. The Hall–Kier alpha value is -1.26. The molecule has 5 heteroatoms. The van der Waals surface area contributed by atoms with Gasteiger partial charge in [-0.15, -0.1) is 0 Å². The monoisotopic (exact) mass is 225 g/mol. The van der Waals surface area contributed by atoms with E-state index in [0.717, 1.165) is 17.3 Å². The second-order valence-electron chi connectivity index (χ2n) is 3.34.